The fourth-order valence-electron chi connectivity index (χ4n) is 3.42. The SMILES string of the molecule is F/C(=C\C1(c2ccc(F)cc2F)CC1)Cc1ccc(F)c(Oc2ccccc2)c1. The first kappa shape index (κ1) is 19.2. The minimum atomic E-state index is -0.745. The maximum absolute atomic E-state index is 14.7. The number of allylic oxidation sites excluding steroid dienone is 2. The van der Waals surface area contributed by atoms with Crippen molar-refractivity contribution in [3.05, 3.63) is 107 Å². The van der Waals surface area contributed by atoms with Crippen molar-refractivity contribution >= 4 is 0 Å². The van der Waals surface area contributed by atoms with Crippen molar-refractivity contribution in [2.45, 2.75) is 24.7 Å². The third-order valence-corrected chi connectivity index (χ3v) is 5.03. The van der Waals surface area contributed by atoms with E-state index in [1.54, 1.807) is 24.3 Å². The molecule has 5 heteroatoms. The van der Waals surface area contributed by atoms with Crippen LogP contribution in [0.15, 0.2) is 78.6 Å². The van der Waals surface area contributed by atoms with Gasteiger partial charge in [0.05, 0.1) is 0 Å². The molecular weight excluding hydrogens is 380 g/mol. The molecule has 148 valence electrons. The summed E-state index contributed by atoms with van der Waals surface area (Å²) in [6.45, 7) is 0. The van der Waals surface area contributed by atoms with Gasteiger partial charge in [0.25, 0.3) is 0 Å². The molecule has 0 heterocycles. The molecule has 4 rings (SSSR count). The number of ether oxygens (including phenoxy) is 1. The van der Waals surface area contributed by atoms with Crippen molar-refractivity contribution in [1.29, 1.82) is 0 Å². The van der Waals surface area contributed by atoms with Crippen LogP contribution in [-0.2, 0) is 11.8 Å². The standard InChI is InChI=1S/C24H18F4O/c25-17-7-8-20(22(28)14-17)24(10-11-24)15-18(26)12-16-6-9-21(27)23(13-16)29-19-4-2-1-3-5-19/h1-9,13-15H,10-12H2/b18-15-. The monoisotopic (exact) mass is 398 g/mol. The third kappa shape index (κ3) is 4.34. The van der Waals surface area contributed by atoms with E-state index in [4.69, 9.17) is 4.74 Å². The second kappa shape index (κ2) is 7.74. The molecule has 1 aliphatic carbocycles. The van der Waals surface area contributed by atoms with E-state index in [9.17, 15) is 17.6 Å². The molecule has 1 aliphatic rings. The van der Waals surface area contributed by atoms with E-state index in [-0.39, 0.29) is 12.2 Å². The zero-order chi connectivity index (χ0) is 20.4. The third-order valence-electron chi connectivity index (χ3n) is 5.03. The minimum absolute atomic E-state index is 0.00668. The lowest BCUT2D eigenvalue weighted by atomic mass is 9.93. The molecule has 0 radical (unpaired) electrons. The van der Waals surface area contributed by atoms with Gasteiger partial charge in [0.1, 0.15) is 23.2 Å². The Balaban J connectivity index is 1.54. The summed E-state index contributed by atoms with van der Waals surface area (Å²) in [5.74, 6) is -1.86. The van der Waals surface area contributed by atoms with Gasteiger partial charge < -0.3 is 4.74 Å². The van der Waals surface area contributed by atoms with Crippen molar-refractivity contribution in [2.75, 3.05) is 0 Å². The van der Waals surface area contributed by atoms with E-state index in [1.165, 1.54) is 36.4 Å². The first-order valence-corrected chi connectivity index (χ1v) is 9.29. The molecule has 0 amide bonds. The molecule has 3 aromatic rings. The van der Waals surface area contributed by atoms with E-state index < -0.39 is 28.7 Å². The Morgan fingerprint density at radius 2 is 1.66 bits per heavy atom. The number of benzene rings is 3. The summed E-state index contributed by atoms with van der Waals surface area (Å²) in [7, 11) is 0. The summed E-state index contributed by atoms with van der Waals surface area (Å²) in [4.78, 5) is 0. The van der Waals surface area contributed by atoms with Gasteiger partial charge in [-0.1, -0.05) is 30.3 Å². The Bertz CT molecular complexity index is 1060. The topological polar surface area (TPSA) is 9.23 Å². The van der Waals surface area contributed by atoms with Gasteiger partial charge in [-0.15, -0.1) is 0 Å². The summed E-state index contributed by atoms with van der Waals surface area (Å²) in [5.41, 5.74) is 0.0772. The summed E-state index contributed by atoms with van der Waals surface area (Å²) >= 11 is 0. The van der Waals surface area contributed by atoms with Crippen LogP contribution in [0.25, 0.3) is 0 Å². The van der Waals surface area contributed by atoms with Crippen LogP contribution >= 0.6 is 0 Å². The fourth-order valence-corrected chi connectivity index (χ4v) is 3.42. The molecule has 29 heavy (non-hydrogen) atoms. The fraction of sp³-hybridized carbons (Fsp3) is 0.167. The van der Waals surface area contributed by atoms with Crippen LogP contribution in [0, 0.1) is 17.5 Å². The van der Waals surface area contributed by atoms with E-state index >= 15 is 0 Å². The number of rotatable bonds is 6. The number of hydrogen-bond acceptors (Lipinski definition) is 1. The van der Waals surface area contributed by atoms with Crippen LogP contribution in [-0.4, -0.2) is 0 Å². The van der Waals surface area contributed by atoms with Crippen molar-refractivity contribution in [3.8, 4) is 11.5 Å². The average Bonchev–Trinajstić information content (AvgIpc) is 3.45. The number of hydrogen-bond donors (Lipinski definition) is 0. The Kier molecular flexibility index (Phi) is 5.14. The lowest BCUT2D eigenvalue weighted by molar-refractivity contribution is 0.441. The molecule has 0 atom stereocenters. The van der Waals surface area contributed by atoms with Crippen molar-refractivity contribution in [3.63, 3.8) is 0 Å². The van der Waals surface area contributed by atoms with Gasteiger partial charge in [-0.3, -0.25) is 0 Å². The van der Waals surface area contributed by atoms with Crippen molar-refractivity contribution in [2.24, 2.45) is 0 Å². The van der Waals surface area contributed by atoms with Crippen molar-refractivity contribution < 1.29 is 22.3 Å². The molecule has 0 unspecified atom stereocenters. The first-order valence-electron chi connectivity index (χ1n) is 9.29. The zero-order valence-electron chi connectivity index (χ0n) is 15.5. The Morgan fingerprint density at radius 1 is 0.897 bits per heavy atom. The molecular formula is C24H18F4O. The van der Waals surface area contributed by atoms with Crippen LogP contribution in [0.2, 0.25) is 0 Å². The van der Waals surface area contributed by atoms with Crippen LogP contribution in [0.4, 0.5) is 17.6 Å². The van der Waals surface area contributed by atoms with E-state index in [0.29, 0.717) is 29.7 Å². The van der Waals surface area contributed by atoms with Crippen LogP contribution in [0.1, 0.15) is 24.0 Å². The summed E-state index contributed by atoms with van der Waals surface area (Å²) in [5, 5.41) is 0. The van der Waals surface area contributed by atoms with Gasteiger partial charge >= 0.3 is 0 Å². The summed E-state index contributed by atoms with van der Waals surface area (Å²) in [6, 6.07) is 16.3. The van der Waals surface area contributed by atoms with Crippen LogP contribution < -0.4 is 4.74 Å². The Morgan fingerprint density at radius 3 is 2.34 bits per heavy atom. The van der Waals surface area contributed by atoms with Gasteiger partial charge in [-0.05, 0) is 60.4 Å². The van der Waals surface area contributed by atoms with Crippen molar-refractivity contribution in [1.82, 2.24) is 0 Å². The predicted molar refractivity (Wildman–Crippen MR) is 103 cm³/mol. The molecule has 0 aliphatic heterocycles. The zero-order valence-corrected chi connectivity index (χ0v) is 15.5. The van der Waals surface area contributed by atoms with Gasteiger partial charge in [0, 0.05) is 17.9 Å². The smallest absolute Gasteiger partial charge is 0.165 e. The lowest BCUT2D eigenvalue weighted by Gasteiger charge is -2.13. The lowest BCUT2D eigenvalue weighted by Crippen LogP contribution is -2.07. The van der Waals surface area contributed by atoms with Gasteiger partial charge in [-0.2, -0.15) is 0 Å². The molecule has 1 fully saturated rings. The molecule has 0 spiro atoms. The minimum Gasteiger partial charge on any atom is -0.454 e. The van der Waals surface area contributed by atoms with Crippen LogP contribution in [0.3, 0.4) is 0 Å². The number of halogens is 4. The van der Waals surface area contributed by atoms with E-state index in [1.807, 2.05) is 6.07 Å². The molecule has 1 saturated carbocycles. The van der Waals surface area contributed by atoms with Gasteiger partial charge in [0.15, 0.2) is 11.6 Å². The number of para-hydroxylation sites is 1. The Labute approximate surface area is 166 Å². The van der Waals surface area contributed by atoms with E-state index in [2.05, 4.69) is 0 Å². The molecule has 0 saturated heterocycles. The second-order valence-corrected chi connectivity index (χ2v) is 7.23. The quantitative estimate of drug-likeness (QED) is 0.405. The second-order valence-electron chi connectivity index (χ2n) is 7.23. The molecule has 0 bridgehead atoms. The van der Waals surface area contributed by atoms with Gasteiger partial charge in [0.2, 0.25) is 0 Å². The van der Waals surface area contributed by atoms with Crippen LogP contribution in [0.5, 0.6) is 11.5 Å². The average molecular weight is 398 g/mol. The molecule has 1 nitrogen and oxygen atoms in total. The highest BCUT2D eigenvalue weighted by Gasteiger charge is 2.44. The highest BCUT2D eigenvalue weighted by molar-refractivity contribution is 5.41. The molecule has 0 aromatic heterocycles. The first-order chi connectivity index (χ1) is 13.9. The van der Waals surface area contributed by atoms with E-state index in [0.717, 1.165) is 6.07 Å². The van der Waals surface area contributed by atoms with Gasteiger partial charge in [-0.25, -0.2) is 17.6 Å². The largest absolute Gasteiger partial charge is 0.454 e. The molecule has 3 aromatic carbocycles. The maximum Gasteiger partial charge on any atom is 0.165 e. The Hall–Kier alpha value is -3.08. The molecule has 0 N–H and O–H groups in total. The summed E-state index contributed by atoms with van der Waals surface area (Å²) < 4.78 is 61.6. The normalized spacial score (nSPS) is 15.2. The maximum atomic E-state index is 14.7. The summed E-state index contributed by atoms with van der Waals surface area (Å²) in [6.07, 6.45) is 2.50. The highest BCUT2D eigenvalue weighted by Crippen LogP contribution is 2.51. The highest BCUT2D eigenvalue weighted by atomic mass is 19.1. The predicted octanol–water partition coefficient (Wildman–Crippen LogP) is 7.02.